The predicted octanol–water partition coefficient (Wildman–Crippen LogP) is 29.5. The summed E-state index contributed by atoms with van der Waals surface area (Å²) in [7, 11) is 1.51. The summed E-state index contributed by atoms with van der Waals surface area (Å²) in [6, 6.07) is 0. The molecular formula is C88H173NO8P+. The topological polar surface area (TPSA) is 108 Å². The highest BCUT2D eigenvalue weighted by Gasteiger charge is 2.27. The van der Waals surface area contributed by atoms with Crippen LogP contribution in [0, 0.1) is 0 Å². The standard InChI is InChI=1S/C88H172NO8P/c1-6-8-10-12-14-16-18-20-22-24-26-28-30-32-34-36-38-40-41-42-43-44-45-46-47-49-50-52-54-56-58-60-62-64-66-68-70-72-74-76-78-80-87(90)94-84-86(85-96-98(92,93)95-83-82-89(3,4)5)97-88(91)81-79-77-75-73-71-69-67-65-63-61-59-57-55-53-51-48-39-37-35-33-31-29-27-25-23-21-19-17-15-13-11-9-7-2/h19,21,25,27,86H,6-18,20,22-24,26,28-85H2,1-5H3/p+1/b21-19-,27-25-. The van der Waals surface area contributed by atoms with E-state index in [1.165, 1.54) is 405 Å². The molecule has 0 aromatic carbocycles. The van der Waals surface area contributed by atoms with Crippen molar-refractivity contribution in [2.45, 2.75) is 482 Å². The fraction of sp³-hybridized carbons (Fsp3) is 0.932. The van der Waals surface area contributed by atoms with Gasteiger partial charge in [0.05, 0.1) is 27.7 Å². The summed E-state index contributed by atoms with van der Waals surface area (Å²) in [5.74, 6) is -0.767. The number of hydrogen-bond acceptors (Lipinski definition) is 7. The van der Waals surface area contributed by atoms with Crippen molar-refractivity contribution in [1.29, 1.82) is 0 Å². The van der Waals surface area contributed by atoms with Gasteiger partial charge in [-0.2, -0.15) is 0 Å². The largest absolute Gasteiger partial charge is 0.472 e. The molecule has 0 aliphatic carbocycles. The average molecular weight is 1400 g/mol. The second kappa shape index (κ2) is 79.6. The summed E-state index contributed by atoms with van der Waals surface area (Å²) in [4.78, 5) is 36.0. The molecule has 1 N–H and O–H groups in total. The number of allylic oxidation sites excluding steroid dienone is 4. The molecule has 2 atom stereocenters. The molecule has 98 heavy (non-hydrogen) atoms. The molecule has 582 valence electrons. The molecule has 0 saturated carbocycles. The van der Waals surface area contributed by atoms with Crippen LogP contribution in [0.1, 0.15) is 476 Å². The van der Waals surface area contributed by atoms with Gasteiger partial charge in [0.25, 0.3) is 0 Å². The van der Waals surface area contributed by atoms with Crippen LogP contribution < -0.4 is 0 Å². The first-order valence-corrected chi connectivity index (χ1v) is 45.6. The molecule has 9 nitrogen and oxygen atoms in total. The molecule has 0 spiro atoms. The van der Waals surface area contributed by atoms with Gasteiger partial charge < -0.3 is 18.9 Å². The molecule has 0 radical (unpaired) electrons. The average Bonchev–Trinajstić information content (AvgIpc) is 1.08. The fourth-order valence-electron chi connectivity index (χ4n) is 13.8. The third-order valence-corrected chi connectivity index (χ3v) is 21.5. The van der Waals surface area contributed by atoms with E-state index in [-0.39, 0.29) is 25.6 Å². The normalized spacial score (nSPS) is 13.0. The Labute approximate surface area is 612 Å². The van der Waals surface area contributed by atoms with E-state index in [9.17, 15) is 19.0 Å². The zero-order valence-corrected chi connectivity index (χ0v) is 67.7. The molecule has 0 bridgehead atoms. The second-order valence-corrected chi connectivity index (χ2v) is 33.1. The monoisotopic (exact) mass is 1400 g/mol. The van der Waals surface area contributed by atoms with E-state index in [4.69, 9.17) is 18.5 Å². The van der Waals surface area contributed by atoms with E-state index >= 15 is 0 Å². The number of rotatable bonds is 84. The van der Waals surface area contributed by atoms with Crippen molar-refractivity contribution in [3.05, 3.63) is 24.3 Å². The SMILES string of the molecule is CCCCCCC/C=C\C/C=C\CCCCCCCCCCCCCCCCCCCCCCCC(=O)OC(COC(=O)CCCCCCCCCCCCCCCCCCCCCCCCCCCCCCCCCCCCCCCCCCC)COP(=O)(O)OCC[N+](C)(C)C. The van der Waals surface area contributed by atoms with Crippen molar-refractivity contribution in [2.24, 2.45) is 0 Å². The maximum atomic E-state index is 12.9. The summed E-state index contributed by atoms with van der Waals surface area (Å²) in [5.41, 5.74) is 0. The molecule has 0 rings (SSSR count). The Hall–Kier alpha value is -1.51. The van der Waals surface area contributed by atoms with Gasteiger partial charge in [-0.3, -0.25) is 18.6 Å². The van der Waals surface area contributed by atoms with Crippen LogP contribution in [0.3, 0.4) is 0 Å². The molecule has 0 aromatic rings. The zero-order valence-electron chi connectivity index (χ0n) is 66.8. The Balaban J connectivity index is 3.83. The van der Waals surface area contributed by atoms with Crippen molar-refractivity contribution >= 4 is 19.8 Å². The smallest absolute Gasteiger partial charge is 0.462 e. The van der Waals surface area contributed by atoms with Gasteiger partial charge in [0.1, 0.15) is 19.8 Å². The lowest BCUT2D eigenvalue weighted by Gasteiger charge is -2.24. The minimum atomic E-state index is -4.39. The van der Waals surface area contributed by atoms with Crippen molar-refractivity contribution in [1.82, 2.24) is 0 Å². The van der Waals surface area contributed by atoms with Gasteiger partial charge in [0, 0.05) is 12.8 Å². The Bertz CT molecular complexity index is 1700. The second-order valence-electron chi connectivity index (χ2n) is 31.6. The molecule has 0 aliphatic heterocycles. The van der Waals surface area contributed by atoms with Crippen LogP contribution in [-0.4, -0.2) is 74.9 Å². The third-order valence-electron chi connectivity index (χ3n) is 20.5. The number of nitrogens with zero attached hydrogens (tertiary/aromatic N) is 1. The van der Waals surface area contributed by atoms with Crippen LogP contribution in [0.5, 0.6) is 0 Å². The number of hydrogen-bond donors (Lipinski definition) is 1. The van der Waals surface area contributed by atoms with E-state index in [0.29, 0.717) is 17.4 Å². The van der Waals surface area contributed by atoms with Crippen LogP contribution in [0.4, 0.5) is 0 Å². The maximum Gasteiger partial charge on any atom is 0.472 e. The molecule has 0 heterocycles. The molecule has 0 fully saturated rings. The van der Waals surface area contributed by atoms with Gasteiger partial charge >= 0.3 is 19.8 Å². The predicted molar refractivity (Wildman–Crippen MR) is 428 cm³/mol. The molecule has 0 aliphatic rings. The quantitative estimate of drug-likeness (QED) is 0.0211. The Morgan fingerprint density at radius 1 is 0.316 bits per heavy atom. The van der Waals surface area contributed by atoms with E-state index in [2.05, 4.69) is 38.2 Å². The Morgan fingerprint density at radius 2 is 0.551 bits per heavy atom. The molecule has 0 saturated heterocycles. The summed E-state index contributed by atoms with van der Waals surface area (Å²) in [6.07, 6.45) is 104. The van der Waals surface area contributed by atoms with Crippen molar-refractivity contribution in [3.63, 3.8) is 0 Å². The summed E-state index contributed by atoms with van der Waals surface area (Å²) in [5, 5.41) is 0. The highest BCUT2D eigenvalue weighted by Crippen LogP contribution is 2.43. The highest BCUT2D eigenvalue weighted by atomic mass is 31.2. The van der Waals surface area contributed by atoms with Crippen LogP contribution in [0.15, 0.2) is 24.3 Å². The minimum Gasteiger partial charge on any atom is -0.462 e. The lowest BCUT2D eigenvalue weighted by atomic mass is 10.0. The summed E-state index contributed by atoms with van der Waals surface area (Å²) in [6.45, 7) is 4.52. The lowest BCUT2D eigenvalue weighted by Crippen LogP contribution is -2.37. The summed E-state index contributed by atoms with van der Waals surface area (Å²) >= 11 is 0. The highest BCUT2D eigenvalue weighted by molar-refractivity contribution is 7.47. The number of carbonyl (C=O) groups excluding carboxylic acids is 2. The third kappa shape index (κ3) is 83.4. The van der Waals surface area contributed by atoms with Gasteiger partial charge in [0.2, 0.25) is 0 Å². The van der Waals surface area contributed by atoms with Crippen LogP contribution in [0.2, 0.25) is 0 Å². The number of ether oxygens (including phenoxy) is 2. The first-order valence-electron chi connectivity index (χ1n) is 44.1. The molecule has 0 aromatic heterocycles. The van der Waals surface area contributed by atoms with Crippen LogP contribution >= 0.6 is 7.82 Å². The van der Waals surface area contributed by atoms with Gasteiger partial charge in [-0.05, 0) is 44.9 Å². The van der Waals surface area contributed by atoms with Crippen molar-refractivity contribution in [3.8, 4) is 0 Å². The van der Waals surface area contributed by atoms with Gasteiger partial charge in [-0.25, -0.2) is 4.57 Å². The van der Waals surface area contributed by atoms with Gasteiger partial charge in [0.15, 0.2) is 6.10 Å². The van der Waals surface area contributed by atoms with Crippen molar-refractivity contribution < 1.29 is 42.1 Å². The van der Waals surface area contributed by atoms with Gasteiger partial charge in [-0.1, -0.05) is 443 Å². The van der Waals surface area contributed by atoms with E-state index in [0.717, 1.165) is 44.9 Å². The molecule has 10 heteroatoms. The Kier molecular flexibility index (Phi) is 78.4. The first-order chi connectivity index (χ1) is 48.0. The number of carbonyl (C=O) groups is 2. The lowest BCUT2D eigenvalue weighted by molar-refractivity contribution is -0.870. The van der Waals surface area contributed by atoms with E-state index < -0.39 is 26.5 Å². The number of unbranched alkanes of at least 4 members (excludes halogenated alkanes) is 66. The fourth-order valence-corrected chi connectivity index (χ4v) is 14.5. The molecule has 2 unspecified atom stereocenters. The summed E-state index contributed by atoms with van der Waals surface area (Å²) < 4.78 is 34.9. The first kappa shape index (κ1) is 96.5. The van der Waals surface area contributed by atoms with E-state index in [1.54, 1.807) is 0 Å². The number of esters is 2. The van der Waals surface area contributed by atoms with Crippen molar-refractivity contribution in [2.75, 3.05) is 47.5 Å². The Morgan fingerprint density at radius 3 is 0.806 bits per heavy atom. The number of likely N-dealkylation sites (N-methyl/N-ethyl adjacent to an activating group) is 1. The van der Waals surface area contributed by atoms with Gasteiger partial charge in [-0.15, -0.1) is 0 Å². The number of phosphoric acid groups is 1. The minimum absolute atomic E-state index is 0.0362. The molecule has 0 amide bonds. The number of quaternary nitrogens is 1. The maximum absolute atomic E-state index is 12.9. The van der Waals surface area contributed by atoms with Crippen LogP contribution in [-0.2, 0) is 32.7 Å². The number of phosphoric ester groups is 1. The van der Waals surface area contributed by atoms with Crippen LogP contribution in [0.25, 0.3) is 0 Å². The molecular weight excluding hydrogens is 1230 g/mol. The zero-order chi connectivity index (χ0) is 71.1. The van der Waals surface area contributed by atoms with E-state index in [1.807, 2.05) is 21.1 Å².